The molecule has 0 bridgehead atoms. The third-order valence-corrected chi connectivity index (χ3v) is 6.49. The van der Waals surface area contributed by atoms with Crippen LogP contribution in [-0.4, -0.2) is 0 Å². The highest BCUT2D eigenvalue weighted by Crippen LogP contribution is 2.54. The standard InChI is InChI=1S/C31H29N/c1-3-4-6-10-24-11-9-14-28(21-24)32(26-12-7-5-8-13-26)27-18-16-25(17-19-27)29-20-15-23(2)30-22-31(29)30/h3-21,30-31H,22H2,1-2H3/b4-3-,10-6-. The molecule has 158 valence electrons. The van der Waals surface area contributed by atoms with Gasteiger partial charge in [0.15, 0.2) is 0 Å². The van der Waals surface area contributed by atoms with Gasteiger partial charge in [-0.3, -0.25) is 0 Å². The van der Waals surface area contributed by atoms with Gasteiger partial charge in [-0.25, -0.2) is 0 Å². The van der Waals surface area contributed by atoms with Crippen LogP contribution in [-0.2, 0) is 0 Å². The van der Waals surface area contributed by atoms with Gasteiger partial charge < -0.3 is 4.90 Å². The van der Waals surface area contributed by atoms with Crippen molar-refractivity contribution < 1.29 is 0 Å². The molecule has 0 aromatic heterocycles. The molecule has 0 saturated heterocycles. The first kappa shape index (κ1) is 20.3. The maximum absolute atomic E-state index is 2.33. The predicted molar refractivity (Wildman–Crippen MR) is 138 cm³/mol. The van der Waals surface area contributed by atoms with E-state index in [4.69, 9.17) is 0 Å². The smallest absolute Gasteiger partial charge is 0.0467 e. The van der Waals surface area contributed by atoms with Gasteiger partial charge in [0.2, 0.25) is 0 Å². The van der Waals surface area contributed by atoms with Crippen molar-refractivity contribution in [2.24, 2.45) is 11.8 Å². The third-order valence-electron chi connectivity index (χ3n) is 6.49. The van der Waals surface area contributed by atoms with Crippen LogP contribution in [0.5, 0.6) is 0 Å². The molecule has 1 heteroatoms. The number of hydrogen-bond acceptors (Lipinski definition) is 1. The van der Waals surface area contributed by atoms with E-state index in [1.54, 1.807) is 0 Å². The Morgan fingerprint density at radius 2 is 1.50 bits per heavy atom. The molecule has 5 rings (SSSR count). The van der Waals surface area contributed by atoms with Crippen LogP contribution in [0, 0.1) is 11.8 Å². The molecule has 0 spiro atoms. The molecule has 1 saturated carbocycles. The number of benzene rings is 3. The number of rotatable bonds is 6. The van der Waals surface area contributed by atoms with E-state index in [9.17, 15) is 0 Å². The summed E-state index contributed by atoms with van der Waals surface area (Å²) in [6.07, 6.45) is 14.3. The minimum absolute atomic E-state index is 0.719. The monoisotopic (exact) mass is 415 g/mol. The van der Waals surface area contributed by atoms with Crippen LogP contribution < -0.4 is 4.90 Å². The van der Waals surface area contributed by atoms with Crippen molar-refractivity contribution in [3.05, 3.63) is 126 Å². The molecule has 1 fully saturated rings. The Morgan fingerprint density at radius 1 is 0.750 bits per heavy atom. The van der Waals surface area contributed by atoms with E-state index in [-0.39, 0.29) is 0 Å². The predicted octanol–water partition coefficient (Wildman–Crippen LogP) is 8.73. The van der Waals surface area contributed by atoms with Crippen LogP contribution in [0.3, 0.4) is 0 Å². The maximum atomic E-state index is 2.33. The lowest BCUT2D eigenvalue weighted by atomic mass is 9.93. The number of nitrogens with zero attached hydrogens (tertiary/aromatic N) is 1. The largest absolute Gasteiger partial charge is 0.310 e. The van der Waals surface area contributed by atoms with Crippen LogP contribution in [0.2, 0.25) is 0 Å². The number of allylic oxidation sites excluding steroid dienone is 7. The molecular formula is C31H29N. The van der Waals surface area contributed by atoms with E-state index in [1.165, 1.54) is 34.4 Å². The number of para-hydroxylation sites is 1. The van der Waals surface area contributed by atoms with Crippen molar-refractivity contribution >= 4 is 28.7 Å². The van der Waals surface area contributed by atoms with Crippen LogP contribution in [0.4, 0.5) is 17.1 Å². The Morgan fingerprint density at radius 3 is 2.28 bits per heavy atom. The summed E-state index contributed by atoms with van der Waals surface area (Å²) in [6.45, 7) is 4.30. The van der Waals surface area contributed by atoms with Crippen LogP contribution >= 0.6 is 0 Å². The fraction of sp³-hybridized carbons (Fsp3) is 0.161. The highest BCUT2D eigenvalue weighted by atomic mass is 15.1. The first-order valence-corrected chi connectivity index (χ1v) is 11.5. The molecular weight excluding hydrogens is 386 g/mol. The lowest BCUT2D eigenvalue weighted by Crippen LogP contribution is -2.10. The average Bonchev–Trinajstić information content (AvgIpc) is 3.64. The maximum Gasteiger partial charge on any atom is 0.0467 e. The van der Waals surface area contributed by atoms with E-state index in [2.05, 4.69) is 121 Å². The molecule has 2 atom stereocenters. The number of anilines is 3. The molecule has 0 aliphatic heterocycles. The minimum Gasteiger partial charge on any atom is -0.310 e. The summed E-state index contributed by atoms with van der Waals surface area (Å²) in [4.78, 5) is 2.33. The van der Waals surface area contributed by atoms with Gasteiger partial charge in [0.05, 0.1) is 0 Å². The Hall–Kier alpha value is -3.58. The Kier molecular flexibility index (Phi) is 5.64. The van der Waals surface area contributed by atoms with Gasteiger partial charge in [0, 0.05) is 17.1 Å². The summed E-state index contributed by atoms with van der Waals surface area (Å²) < 4.78 is 0. The second kappa shape index (κ2) is 8.88. The number of fused-ring (bicyclic) bond motifs is 1. The second-order valence-corrected chi connectivity index (χ2v) is 8.68. The summed E-state index contributed by atoms with van der Waals surface area (Å²) in [5, 5.41) is 0. The highest BCUT2D eigenvalue weighted by Gasteiger charge is 2.42. The fourth-order valence-electron chi connectivity index (χ4n) is 4.69. The van der Waals surface area contributed by atoms with Crippen LogP contribution in [0.15, 0.2) is 115 Å². The molecule has 2 aliphatic carbocycles. The summed E-state index contributed by atoms with van der Waals surface area (Å²) >= 11 is 0. The van der Waals surface area contributed by atoms with Crippen molar-refractivity contribution in [1.29, 1.82) is 0 Å². The molecule has 2 unspecified atom stereocenters. The highest BCUT2D eigenvalue weighted by molar-refractivity contribution is 5.80. The lowest BCUT2D eigenvalue weighted by Gasteiger charge is -2.26. The molecule has 3 aromatic carbocycles. The van der Waals surface area contributed by atoms with E-state index >= 15 is 0 Å². The Labute approximate surface area is 191 Å². The molecule has 0 amide bonds. The Balaban J connectivity index is 1.51. The zero-order chi connectivity index (χ0) is 21.9. The van der Waals surface area contributed by atoms with Gasteiger partial charge >= 0.3 is 0 Å². The molecule has 1 nitrogen and oxygen atoms in total. The lowest BCUT2D eigenvalue weighted by molar-refractivity contribution is 0.923. The summed E-state index contributed by atoms with van der Waals surface area (Å²) in [5.74, 6) is 1.49. The second-order valence-electron chi connectivity index (χ2n) is 8.68. The molecule has 0 radical (unpaired) electrons. The average molecular weight is 416 g/mol. The summed E-state index contributed by atoms with van der Waals surface area (Å²) in [7, 11) is 0. The first-order valence-electron chi connectivity index (χ1n) is 11.5. The summed E-state index contributed by atoms with van der Waals surface area (Å²) in [5.41, 5.74) is 9.05. The molecule has 32 heavy (non-hydrogen) atoms. The molecule has 3 aromatic rings. The number of hydrogen-bond donors (Lipinski definition) is 0. The topological polar surface area (TPSA) is 3.24 Å². The summed E-state index contributed by atoms with van der Waals surface area (Å²) in [6, 6.07) is 28.4. The van der Waals surface area contributed by atoms with Gasteiger partial charge in [0.25, 0.3) is 0 Å². The van der Waals surface area contributed by atoms with Gasteiger partial charge in [-0.2, -0.15) is 0 Å². The molecule has 2 aliphatic rings. The van der Waals surface area contributed by atoms with E-state index in [1.807, 2.05) is 13.0 Å². The quantitative estimate of drug-likeness (QED) is 0.364. The van der Waals surface area contributed by atoms with Crippen LogP contribution in [0.25, 0.3) is 11.6 Å². The SMILES string of the molecule is C/C=C\C=C/c1cccc(N(c2ccccc2)c2ccc(C3=CC=C(C)C4CC34)cc2)c1. The normalized spacial score (nSPS) is 19.6. The van der Waals surface area contributed by atoms with Gasteiger partial charge in [-0.1, -0.05) is 84.5 Å². The zero-order valence-corrected chi connectivity index (χ0v) is 18.8. The van der Waals surface area contributed by atoms with Crippen molar-refractivity contribution in [3.8, 4) is 0 Å². The van der Waals surface area contributed by atoms with Crippen molar-refractivity contribution in [2.75, 3.05) is 4.90 Å². The first-order chi connectivity index (χ1) is 15.7. The van der Waals surface area contributed by atoms with E-state index in [0.29, 0.717) is 0 Å². The van der Waals surface area contributed by atoms with Crippen LogP contribution in [0.1, 0.15) is 31.4 Å². The van der Waals surface area contributed by atoms with E-state index in [0.717, 1.165) is 23.2 Å². The van der Waals surface area contributed by atoms with Crippen molar-refractivity contribution in [2.45, 2.75) is 20.3 Å². The van der Waals surface area contributed by atoms with Crippen molar-refractivity contribution in [1.82, 2.24) is 0 Å². The Bertz CT molecular complexity index is 1210. The molecule has 0 heterocycles. The minimum atomic E-state index is 0.719. The molecule has 0 N–H and O–H groups in total. The fourth-order valence-corrected chi connectivity index (χ4v) is 4.69. The van der Waals surface area contributed by atoms with E-state index < -0.39 is 0 Å². The van der Waals surface area contributed by atoms with Gasteiger partial charge in [-0.05, 0) is 85.2 Å². The van der Waals surface area contributed by atoms with Gasteiger partial charge in [0.1, 0.15) is 0 Å². The zero-order valence-electron chi connectivity index (χ0n) is 18.8. The third kappa shape index (κ3) is 4.11. The van der Waals surface area contributed by atoms with Crippen molar-refractivity contribution in [3.63, 3.8) is 0 Å². The van der Waals surface area contributed by atoms with Gasteiger partial charge in [-0.15, -0.1) is 0 Å².